The van der Waals surface area contributed by atoms with Gasteiger partial charge >= 0.3 is 11.8 Å². The minimum atomic E-state index is -0.861. The maximum Gasteiger partial charge on any atom is 0.329 e. The van der Waals surface area contributed by atoms with E-state index in [1.807, 2.05) is 19.9 Å². The van der Waals surface area contributed by atoms with Crippen molar-refractivity contribution < 1.29 is 19.1 Å². The first-order valence-electron chi connectivity index (χ1n) is 7.88. The molecule has 2 rings (SSSR count). The second kappa shape index (κ2) is 8.66. The van der Waals surface area contributed by atoms with Gasteiger partial charge in [-0.2, -0.15) is 5.10 Å². The summed E-state index contributed by atoms with van der Waals surface area (Å²) in [6.07, 6.45) is 1.41. The molecule has 2 N–H and O–H groups in total. The fourth-order valence-electron chi connectivity index (χ4n) is 2.16. The molecule has 0 heterocycles. The van der Waals surface area contributed by atoms with E-state index in [-0.39, 0.29) is 0 Å². The predicted molar refractivity (Wildman–Crippen MR) is 99.8 cm³/mol. The summed E-state index contributed by atoms with van der Waals surface area (Å²) in [5.74, 6) is -0.533. The Morgan fingerprint density at radius 3 is 2.31 bits per heavy atom. The van der Waals surface area contributed by atoms with Gasteiger partial charge in [0.25, 0.3) is 0 Å². The highest BCUT2D eigenvalue weighted by Gasteiger charge is 2.13. The highest BCUT2D eigenvalue weighted by molar-refractivity contribution is 6.39. The molecule has 0 fully saturated rings. The van der Waals surface area contributed by atoms with Crippen LogP contribution in [0, 0.1) is 13.8 Å². The van der Waals surface area contributed by atoms with Gasteiger partial charge in [0.05, 0.1) is 20.4 Å². The number of nitrogens with zero attached hydrogens (tertiary/aromatic N) is 1. The van der Waals surface area contributed by atoms with Crippen molar-refractivity contribution in [3.8, 4) is 11.5 Å². The van der Waals surface area contributed by atoms with E-state index in [1.165, 1.54) is 13.3 Å². The number of hydrogen-bond acceptors (Lipinski definition) is 5. The van der Waals surface area contributed by atoms with E-state index in [2.05, 4.69) is 15.8 Å². The van der Waals surface area contributed by atoms with Crippen LogP contribution in [0.1, 0.15) is 16.7 Å². The molecule has 0 aliphatic carbocycles. The Labute approximate surface area is 152 Å². The summed E-state index contributed by atoms with van der Waals surface area (Å²) in [7, 11) is 3.07. The van der Waals surface area contributed by atoms with Gasteiger partial charge in [-0.1, -0.05) is 6.07 Å². The van der Waals surface area contributed by atoms with Crippen molar-refractivity contribution in [2.75, 3.05) is 19.5 Å². The van der Waals surface area contributed by atoms with Crippen LogP contribution in [-0.4, -0.2) is 32.2 Å². The molecule has 0 radical (unpaired) electrons. The van der Waals surface area contributed by atoms with Gasteiger partial charge in [-0.05, 0) is 60.9 Å². The zero-order chi connectivity index (χ0) is 19.1. The van der Waals surface area contributed by atoms with Gasteiger partial charge in [-0.25, -0.2) is 5.43 Å². The summed E-state index contributed by atoms with van der Waals surface area (Å²) < 4.78 is 10.3. The summed E-state index contributed by atoms with van der Waals surface area (Å²) in [4.78, 5) is 23.7. The van der Waals surface area contributed by atoms with Crippen LogP contribution in [0.5, 0.6) is 11.5 Å². The van der Waals surface area contributed by atoms with E-state index in [4.69, 9.17) is 9.47 Å². The molecule has 0 spiro atoms. The first-order chi connectivity index (χ1) is 12.4. The molecule has 26 heavy (non-hydrogen) atoms. The Hall–Kier alpha value is -3.35. The smallest absolute Gasteiger partial charge is 0.329 e. The number of aryl methyl sites for hydroxylation is 2. The number of rotatable bonds is 5. The molecule has 7 heteroatoms. The third-order valence-corrected chi connectivity index (χ3v) is 3.76. The monoisotopic (exact) mass is 355 g/mol. The minimum Gasteiger partial charge on any atom is -0.493 e. The number of carbonyl (C=O) groups is 2. The molecule has 2 amide bonds. The molecule has 136 valence electrons. The van der Waals surface area contributed by atoms with E-state index in [0.29, 0.717) is 22.7 Å². The highest BCUT2D eigenvalue weighted by Crippen LogP contribution is 2.26. The van der Waals surface area contributed by atoms with Crippen LogP contribution >= 0.6 is 0 Å². The zero-order valence-corrected chi connectivity index (χ0v) is 15.1. The van der Waals surface area contributed by atoms with E-state index < -0.39 is 11.8 Å². The molecule has 0 atom stereocenters. The van der Waals surface area contributed by atoms with Crippen LogP contribution < -0.4 is 20.2 Å². The van der Waals surface area contributed by atoms with Gasteiger partial charge in [0.1, 0.15) is 0 Å². The average molecular weight is 355 g/mol. The molecule has 0 aliphatic rings. The molecule has 0 aliphatic heterocycles. The second-order valence-electron chi connectivity index (χ2n) is 5.57. The lowest BCUT2D eigenvalue weighted by atomic mass is 10.1. The van der Waals surface area contributed by atoms with Gasteiger partial charge in [-0.15, -0.1) is 0 Å². The molecule has 0 unspecified atom stereocenters. The van der Waals surface area contributed by atoms with Gasteiger partial charge in [0.2, 0.25) is 0 Å². The Bertz CT molecular complexity index is 847. The molecule has 0 aromatic heterocycles. The summed E-state index contributed by atoms with van der Waals surface area (Å²) in [6.45, 7) is 3.90. The largest absolute Gasteiger partial charge is 0.493 e. The van der Waals surface area contributed by atoms with Crippen LogP contribution in [0.25, 0.3) is 0 Å². The Morgan fingerprint density at radius 1 is 0.923 bits per heavy atom. The minimum absolute atomic E-state index is 0.537. The van der Waals surface area contributed by atoms with Gasteiger partial charge in [0, 0.05) is 5.69 Å². The van der Waals surface area contributed by atoms with Crippen LogP contribution in [0.2, 0.25) is 0 Å². The normalized spacial score (nSPS) is 10.5. The van der Waals surface area contributed by atoms with Crippen molar-refractivity contribution >= 4 is 23.7 Å². The van der Waals surface area contributed by atoms with E-state index >= 15 is 0 Å². The maximum atomic E-state index is 11.9. The number of anilines is 1. The molecular weight excluding hydrogens is 334 g/mol. The third-order valence-electron chi connectivity index (χ3n) is 3.76. The second-order valence-corrected chi connectivity index (χ2v) is 5.57. The van der Waals surface area contributed by atoms with Gasteiger partial charge < -0.3 is 14.8 Å². The summed E-state index contributed by atoms with van der Waals surface area (Å²) in [6, 6.07) is 10.6. The Balaban J connectivity index is 1.95. The number of benzene rings is 2. The predicted octanol–water partition coefficient (Wildman–Crippen LogP) is 2.41. The molecule has 0 bridgehead atoms. The number of carbonyl (C=O) groups excluding carboxylic acids is 2. The maximum absolute atomic E-state index is 11.9. The van der Waals surface area contributed by atoms with E-state index in [1.54, 1.807) is 37.4 Å². The first kappa shape index (κ1) is 19.0. The summed E-state index contributed by atoms with van der Waals surface area (Å²) in [5.41, 5.74) is 5.55. The average Bonchev–Trinajstić information content (AvgIpc) is 2.64. The summed E-state index contributed by atoms with van der Waals surface area (Å²) >= 11 is 0. The lowest BCUT2D eigenvalue weighted by Gasteiger charge is -2.07. The van der Waals surface area contributed by atoms with Crippen molar-refractivity contribution in [3.05, 3.63) is 53.1 Å². The fourth-order valence-corrected chi connectivity index (χ4v) is 2.16. The molecule has 0 saturated carbocycles. The number of hydrogen-bond donors (Lipinski definition) is 2. The van der Waals surface area contributed by atoms with E-state index in [0.717, 1.165) is 11.1 Å². The third kappa shape index (κ3) is 4.83. The number of methoxy groups -OCH3 is 2. The Kier molecular flexibility index (Phi) is 6.32. The zero-order valence-electron chi connectivity index (χ0n) is 15.1. The van der Waals surface area contributed by atoms with Crippen LogP contribution in [0.15, 0.2) is 41.5 Å². The topological polar surface area (TPSA) is 89.0 Å². The fraction of sp³-hybridized carbons (Fsp3) is 0.211. The number of amides is 2. The van der Waals surface area contributed by atoms with Crippen molar-refractivity contribution in [1.82, 2.24) is 5.43 Å². The molecule has 2 aromatic rings. The summed E-state index contributed by atoms with van der Waals surface area (Å²) in [5, 5.41) is 6.32. The standard InChI is InChI=1S/C19H21N3O4/c1-12-5-7-15(9-13(12)2)21-18(23)19(24)22-20-11-14-6-8-16(25-3)17(10-14)26-4/h5-11H,1-4H3,(H,21,23)(H,22,24)/b20-11+. The molecule has 0 saturated heterocycles. The van der Waals surface area contributed by atoms with Gasteiger partial charge in [0.15, 0.2) is 11.5 Å². The molecule has 7 nitrogen and oxygen atoms in total. The van der Waals surface area contributed by atoms with Crippen LogP contribution in [0.3, 0.4) is 0 Å². The van der Waals surface area contributed by atoms with Crippen molar-refractivity contribution in [2.45, 2.75) is 13.8 Å². The lowest BCUT2D eigenvalue weighted by molar-refractivity contribution is -0.136. The SMILES string of the molecule is COc1ccc(/C=N/NC(=O)C(=O)Nc2ccc(C)c(C)c2)cc1OC. The van der Waals surface area contributed by atoms with Crippen molar-refractivity contribution in [2.24, 2.45) is 5.10 Å². The molecule has 2 aromatic carbocycles. The van der Waals surface area contributed by atoms with Crippen molar-refractivity contribution in [3.63, 3.8) is 0 Å². The first-order valence-corrected chi connectivity index (χ1v) is 7.88. The number of hydrazone groups is 1. The molecular formula is C19H21N3O4. The number of nitrogens with one attached hydrogen (secondary N) is 2. The number of ether oxygens (including phenoxy) is 2. The van der Waals surface area contributed by atoms with Crippen LogP contribution in [-0.2, 0) is 9.59 Å². The highest BCUT2D eigenvalue weighted by atomic mass is 16.5. The van der Waals surface area contributed by atoms with E-state index in [9.17, 15) is 9.59 Å². The van der Waals surface area contributed by atoms with Crippen LogP contribution in [0.4, 0.5) is 5.69 Å². The lowest BCUT2D eigenvalue weighted by Crippen LogP contribution is -2.32. The van der Waals surface area contributed by atoms with Crippen molar-refractivity contribution in [1.29, 1.82) is 0 Å². The Morgan fingerprint density at radius 2 is 1.65 bits per heavy atom. The van der Waals surface area contributed by atoms with Gasteiger partial charge in [-0.3, -0.25) is 9.59 Å². The quantitative estimate of drug-likeness (QED) is 0.490.